The topological polar surface area (TPSA) is 96.4 Å². The van der Waals surface area contributed by atoms with Crippen molar-refractivity contribution in [3.63, 3.8) is 0 Å². The van der Waals surface area contributed by atoms with Crippen LogP contribution in [-0.2, 0) is 21.5 Å². The van der Waals surface area contributed by atoms with E-state index in [9.17, 15) is 18.3 Å². The van der Waals surface area contributed by atoms with Gasteiger partial charge in [0.15, 0.2) is 5.78 Å². The predicted octanol–water partition coefficient (Wildman–Crippen LogP) is 4.23. The number of nitrogens with zero attached hydrogens (tertiary/aromatic N) is 2. The van der Waals surface area contributed by atoms with Crippen LogP contribution in [0.3, 0.4) is 0 Å². The lowest BCUT2D eigenvalue weighted by Gasteiger charge is -2.27. The Morgan fingerprint density at radius 3 is 2.53 bits per heavy atom. The molecule has 174 valence electrons. The average molecular weight is 481 g/mol. The van der Waals surface area contributed by atoms with Crippen LogP contribution < -0.4 is 9.47 Å². The summed E-state index contributed by atoms with van der Waals surface area (Å²) in [6.07, 6.45) is 2.01. The minimum Gasteiger partial charge on any atom is -0.497 e. The van der Waals surface area contributed by atoms with Gasteiger partial charge < -0.3 is 14.6 Å². The van der Waals surface area contributed by atoms with Crippen molar-refractivity contribution in [2.24, 2.45) is 5.92 Å². The van der Waals surface area contributed by atoms with E-state index in [0.717, 1.165) is 14.8 Å². The predicted molar refractivity (Wildman–Crippen MR) is 123 cm³/mol. The van der Waals surface area contributed by atoms with Gasteiger partial charge >= 0.3 is 10.2 Å². The maximum Gasteiger partial charge on any atom is 0.329 e. The number of carbonyl (C=O) groups is 1. The molecule has 3 rings (SSSR count). The average Bonchev–Trinajstić information content (AvgIpc) is 3.35. The Balaban J connectivity index is 1.93. The summed E-state index contributed by atoms with van der Waals surface area (Å²) in [6.45, 7) is 3.86. The molecule has 32 heavy (non-hydrogen) atoms. The van der Waals surface area contributed by atoms with Gasteiger partial charge in [0.1, 0.15) is 17.5 Å². The first-order valence-electron chi connectivity index (χ1n) is 10.2. The van der Waals surface area contributed by atoms with Gasteiger partial charge in [-0.3, -0.25) is 4.79 Å². The maximum absolute atomic E-state index is 13.4. The molecule has 0 fully saturated rings. The molecule has 10 heteroatoms. The first kappa shape index (κ1) is 23.9. The van der Waals surface area contributed by atoms with E-state index in [1.54, 1.807) is 35.7 Å². The Morgan fingerprint density at radius 1 is 1.19 bits per heavy atom. The highest BCUT2D eigenvalue weighted by molar-refractivity contribution is 7.87. The Bertz CT molecular complexity index is 1080. The van der Waals surface area contributed by atoms with Crippen LogP contribution in [0.5, 0.6) is 11.5 Å². The Morgan fingerprint density at radius 2 is 1.94 bits per heavy atom. The first-order valence-corrected chi connectivity index (χ1v) is 12.5. The third kappa shape index (κ3) is 4.86. The Labute approximate surface area is 192 Å². The molecule has 1 aliphatic rings. The first-order chi connectivity index (χ1) is 15.2. The molecule has 0 saturated carbocycles. The molecule has 2 heterocycles. The summed E-state index contributed by atoms with van der Waals surface area (Å²) in [6, 6.07) is 7.48. The minimum absolute atomic E-state index is 0.161. The highest BCUT2D eigenvalue weighted by atomic mass is 32.2. The van der Waals surface area contributed by atoms with Gasteiger partial charge in [-0.1, -0.05) is 19.9 Å². The summed E-state index contributed by atoms with van der Waals surface area (Å²) < 4.78 is 39.2. The van der Waals surface area contributed by atoms with Crippen molar-refractivity contribution in [2.75, 3.05) is 14.2 Å². The quantitative estimate of drug-likeness (QED) is 0.547. The van der Waals surface area contributed by atoms with Gasteiger partial charge in [-0.2, -0.15) is 8.42 Å². The maximum atomic E-state index is 13.4. The fourth-order valence-electron chi connectivity index (χ4n) is 3.42. The minimum atomic E-state index is -4.20. The number of aliphatic hydroxyl groups excluding tert-OH is 1. The highest BCUT2D eigenvalue weighted by Gasteiger charge is 2.44. The lowest BCUT2D eigenvalue weighted by atomic mass is 10.0. The fraction of sp³-hybridized carbons (Fsp3) is 0.409. The third-order valence-electron chi connectivity index (χ3n) is 5.19. The van der Waals surface area contributed by atoms with Crippen LogP contribution in [0.4, 0.5) is 0 Å². The molecule has 1 unspecified atom stereocenters. The number of ketones is 1. The van der Waals surface area contributed by atoms with E-state index in [1.165, 1.54) is 25.6 Å². The van der Waals surface area contributed by atoms with Crippen LogP contribution >= 0.6 is 11.3 Å². The van der Waals surface area contributed by atoms with E-state index in [2.05, 4.69) is 0 Å². The van der Waals surface area contributed by atoms with Crippen LogP contribution in [0, 0.1) is 5.92 Å². The van der Waals surface area contributed by atoms with E-state index in [4.69, 9.17) is 9.47 Å². The van der Waals surface area contributed by atoms with E-state index in [1.807, 2.05) is 13.8 Å². The molecule has 0 saturated heterocycles. The van der Waals surface area contributed by atoms with Crippen molar-refractivity contribution in [1.82, 2.24) is 8.61 Å². The Hall–Kier alpha value is -2.72. The zero-order chi connectivity index (χ0) is 23.5. The summed E-state index contributed by atoms with van der Waals surface area (Å²) in [5, 5.41) is 12.4. The lowest BCUT2D eigenvalue weighted by Crippen LogP contribution is -2.38. The van der Waals surface area contributed by atoms with Gasteiger partial charge in [0, 0.05) is 22.9 Å². The molecule has 0 amide bonds. The number of Topliss-reactive ketones (excluding diaryl/α,β-unsaturated/α-hetero) is 1. The molecule has 1 atom stereocenters. The van der Waals surface area contributed by atoms with Gasteiger partial charge in [0.2, 0.25) is 5.88 Å². The summed E-state index contributed by atoms with van der Waals surface area (Å²) in [7, 11) is -1.21. The molecule has 1 N–H and O–H groups in total. The van der Waals surface area contributed by atoms with Crippen molar-refractivity contribution in [2.45, 2.75) is 39.3 Å². The lowest BCUT2D eigenvalue weighted by molar-refractivity contribution is -0.122. The number of benzene rings is 1. The Kier molecular flexibility index (Phi) is 7.35. The number of hydrogen-bond acceptors (Lipinski definition) is 7. The molecule has 1 aromatic heterocycles. The summed E-state index contributed by atoms with van der Waals surface area (Å²) in [4.78, 5) is 13.7. The van der Waals surface area contributed by atoms with Crippen LogP contribution in [0.2, 0.25) is 0 Å². The molecule has 8 nitrogen and oxygen atoms in total. The molecule has 1 aliphatic heterocycles. The van der Waals surface area contributed by atoms with Gasteiger partial charge in [-0.05, 0) is 35.9 Å². The van der Waals surface area contributed by atoms with Crippen LogP contribution in [-0.4, -0.2) is 42.1 Å². The normalized spacial score (nSPS) is 16.2. The van der Waals surface area contributed by atoms with Crippen molar-refractivity contribution in [3.8, 4) is 11.5 Å². The van der Waals surface area contributed by atoms with E-state index >= 15 is 0 Å². The molecule has 0 spiro atoms. The molecular weight excluding hydrogens is 452 g/mol. The van der Waals surface area contributed by atoms with E-state index < -0.39 is 22.1 Å². The standard InChI is InChI=1S/C22H28N2O6S2/c1-15(2)7-10-18(25)22(20-6-5-11-31-20)24-14-21(26)23(32(24,27)28)13-16-8-9-17(29-3)12-19(16)30-4/h5-6,8-9,11-12,14-15,22,26H,7,10,13H2,1-4H3. The monoisotopic (exact) mass is 480 g/mol. The number of methoxy groups -OCH3 is 2. The number of rotatable bonds is 10. The van der Waals surface area contributed by atoms with Crippen molar-refractivity contribution in [1.29, 1.82) is 0 Å². The third-order valence-corrected chi connectivity index (χ3v) is 7.84. The summed E-state index contributed by atoms with van der Waals surface area (Å²) in [5.74, 6) is 0.623. The molecule has 0 aliphatic carbocycles. The summed E-state index contributed by atoms with van der Waals surface area (Å²) >= 11 is 1.31. The van der Waals surface area contributed by atoms with E-state index in [-0.39, 0.29) is 18.7 Å². The van der Waals surface area contributed by atoms with Crippen LogP contribution in [0.1, 0.15) is 43.2 Å². The molecular formula is C22H28N2O6S2. The van der Waals surface area contributed by atoms with Crippen molar-refractivity contribution in [3.05, 3.63) is 58.2 Å². The molecule has 1 aromatic carbocycles. The van der Waals surface area contributed by atoms with Crippen molar-refractivity contribution < 1.29 is 27.8 Å². The zero-order valence-corrected chi connectivity index (χ0v) is 20.1. The molecule has 0 bridgehead atoms. The van der Waals surface area contributed by atoms with Gasteiger partial charge in [0.05, 0.1) is 27.0 Å². The van der Waals surface area contributed by atoms with Gasteiger partial charge in [-0.25, -0.2) is 8.61 Å². The number of carbonyl (C=O) groups excluding carboxylic acids is 1. The van der Waals surface area contributed by atoms with E-state index in [0.29, 0.717) is 34.3 Å². The number of aliphatic hydroxyl groups is 1. The highest BCUT2D eigenvalue weighted by Crippen LogP contribution is 2.38. The molecule has 0 radical (unpaired) electrons. The smallest absolute Gasteiger partial charge is 0.329 e. The van der Waals surface area contributed by atoms with Gasteiger partial charge in [-0.15, -0.1) is 11.3 Å². The van der Waals surface area contributed by atoms with Crippen LogP contribution in [0.15, 0.2) is 47.8 Å². The van der Waals surface area contributed by atoms with Crippen LogP contribution in [0.25, 0.3) is 0 Å². The van der Waals surface area contributed by atoms with Gasteiger partial charge in [0.25, 0.3) is 0 Å². The number of ether oxygens (including phenoxy) is 2. The fourth-order valence-corrected chi connectivity index (χ4v) is 5.88. The second-order valence-electron chi connectivity index (χ2n) is 7.83. The number of thiophene rings is 1. The second-order valence-corrected chi connectivity index (χ2v) is 10.6. The number of hydrogen-bond donors (Lipinski definition) is 1. The second kappa shape index (κ2) is 9.83. The van der Waals surface area contributed by atoms with Crippen molar-refractivity contribution >= 4 is 27.3 Å². The largest absolute Gasteiger partial charge is 0.497 e. The zero-order valence-electron chi connectivity index (χ0n) is 18.5. The summed E-state index contributed by atoms with van der Waals surface area (Å²) in [5.41, 5.74) is 0.539. The SMILES string of the molecule is COc1ccc(CN2C(O)=CN(C(C(=O)CCC(C)C)c3cccs3)S2(=O)=O)c(OC)c1. The molecule has 2 aromatic rings.